The Labute approximate surface area is 158 Å². The number of nitrogens with zero attached hydrogens (tertiary/aromatic N) is 3. The average Bonchev–Trinajstić information content (AvgIpc) is 3.34. The Bertz CT molecular complexity index is 1120. The second-order valence-electron chi connectivity index (χ2n) is 6.87. The number of pyridine rings is 2. The van der Waals surface area contributed by atoms with Gasteiger partial charge in [0.2, 0.25) is 0 Å². The van der Waals surface area contributed by atoms with Gasteiger partial charge in [0.25, 0.3) is 0 Å². The maximum Gasteiger partial charge on any atom is 0.130 e. The Morgan fingerprint density at radius 2 is 2.07 bits per heavy atom. The molecule has 0 saturated carbocycles. The summed E-state index contributed by atoms with van der Waals surface area (Å²) in [5, 5.41) is 11.0. The van der Waals surface area contributed by atoms with Gasteiger partial charge in [0, 0.05) is 42.8 Å². The third-order valence-corrected chi connectivity index (χ3v) is 5.18. The molecule has 0 radical (unpaired) electrons. The van der Waals surface area contributed by atoms with Gasteiger partial charge in [-0.3, -0.25) is 0 Å². The number of rotatable bonds is 4. The fraction of sp³-hybridized carbons (Fsp3) is 0.182. The molecule has 0 fully saturated rings. The molecule has 2 aliphatic rings. The zero-order valence-electron chi connectivity index (χ0n) is 15.2. The summed E-state index contributed by atoms with van der Waals surface area (Å²) in [5.41, 5.74) is 8.26. The van der Waals surface area contributed by atoms with Crippen molar-refractivity contribution in [1.82, 2.24) is 19.9 Å². The van der Waals surface area contributed by atoms with E-state index in [1.807, 2.05) is 30.0 Å². The molecule has 5 rings (SSSR count). The highest BCUT2D eigenvalue weighted by Gasteiger charge is 2.18. The molecule has 134 valence electrons. The second kappa shape index (κ2) is 6.43. The van der Waals surface area contributed by atoms with Gasteiger partial charge >= 0.3 is 0 Å². The molecule has 27 heavy (non-hydrogen) atoms. The summed E-state index contributed by atoms with van der Waals surface area (Å²) in [6.45, 7) is 0. The first kappa shape index (κ1) is 15.9. The Kier molecular flexibility index (Phi) is 3.78. The highest BCUT2D eigenvalue weighted by molar-refractivity contribution is 5.85. The van der Waals surface area contributed by atoms with Crippen molar-refractivity contribution in [2.24, 2.45) is 0 Å². The monoisotopic (exact) mass is 355 g/mol. The van der Waals surface area contributed by atoms with E-state index in [9.17, 15) is 0 Å². The normalized spacial score (nSPS) is 15.8. The first-order chi connectivity index (χ1) is 13.3. The largest absolute Gasteiger partial charge is 0.391 e. The Morgan fingerprint density at radius 1 is 1.11 bits per heavy atom. The van der Waals surface area contributed by atoms with Gasteiger partial charge < -0.3 is 10.6 Å². The predicted molar refractivity (Wildman–Crippen MR) is 108 cm³/mol. The van der Waals surface area contributed by atoms with Crippen LogP contribution in [-0.2, 0) is 6.42 Å². The summed E-state index contributed by atoms with van der Waals surface area (Å²) < 4.78 is 1.88. The van der Waals surface area contributed by atoms with E-state index in [0.29, 0.717) is 0 Å². The molecule has 0 atom stereocenters. The maximum absolute atomic E-state index is 4.86. The second-order valence-corrected chi connectivity index (χ2v) is 6.87. The van der Waals surface area contributed by atoms with E-state index < -0.39 is 0 Å². The Hall–Kier alpha value is -3.34. The molecular formula is C22H21N5. The van der Waals surface area contributed by atoms with Crippen LogP contribution in [-0.4, -0.2) is 21.6 Å². The lowest BCUT2D eigenvalue weighted by molar-refractivity contribution is 0.833. The number of hydrogen-bond acceptors (Lipinski definition) is 4. The first-order valence-corrected chi connectivity index (χ1v) is 9.30. The fourth-order valence-electron chi connectivity index (χ4n) is 3.78. The van der Waals surface area contributed by atoms with Crippen molar-refractivity contribution in [3.63, 3.8) is 0 Å². The van der Waals surface area contributed by atoms with Crippen molar-refractivity contribution < 1.29 is 0 Å². The van der Waals surface area contributed by atoms with E-state index in [-0.39, 0.29) is 0 Å². The lowest BCUT2D eigenvalue weighted by Crippen LogP contribution is -2.11. The van der Waals surface area contributed by atoms with E-state index in [2.05, 4.69) is 58.2 Å². The Morgan fingerprint density at radius 3 is 3.00 bits per heavy atom. The molecule has 0 saturated heterocycles. The summed E-state index contributed by atoms with van der Waals surface area (Å²) in [6, 6.07) is 10.6. The minimum Gasteiger partial charge on any atom is -0.391 e. The fourth-order valence-corrected chi connectivity index (χ4v) is 3.78. The van der Waals surface area contributed by atoms with Crippen molar-refractivity contribution in [1.29, 1.82) is 0 Å². The average molecular weight is 355 g/mol. The number of nitrogens with one attached hydrogen (secondary N) is 2. The number of anilines is 1. The van der Waals surface area contributed by atoms with Crippen molar-refractivity contribution in [2.45, 2.75) is 19.3 Å². The SMILES string of the molecule is CNC1=CC(Nc2ccc3c(n2)CC=C3c2ccn3nccc3c2)=CCC1. The molecule has 3 aromatic heterocycles. The Balaban J connectivity index is 1.41. The van der Waals surface area contributed by atoms with E-state index >= 15 is 0 Å². The summed E-state index contributed by atoms with van der Waals surface area (Å²) in [5.74, 6) is 0.898. The van der Waals surface area contributed by atoms with Crippen LogP contribution in [0.15, 0.2) is 72.3 Å². The summed E-state index contributed by atoms with van der Waals surface area (Å²) in [4.78, 5) is 4.86. The third kappa shape index (κ3) is 2.91. The van der Waals surface area contributed by atoms with E-state index in [0.717, 1.165) is 42.0 Å². The van der Waals surface area contributed by atoms with Crippen LogP contribution in [0.2, 0.25) is 0 Å². The summed E-state index contributed by atoms with van der Waals surface area (Å²) >= 11 is 0. The lowest BCUT2D eigenvalue weighted by Gasteiger charge is -2.15. The molecule has 5 heteroatoms. The molecule has 2 N–H and O–H groups in total. The van der Waals surface area contributed by atoms with Crippen LogP contribution in [0.1, 0.15) is 29.7 Å². The van der Waals surface area contributed by atoms with Crippen molar-refractivity contribution in [3.8, 4) is 0 Å². The zero-order valence-corrected chi connectivity index (χ0v) is 15.2. The van der Waals surface area contributed by atoms with Gasteiger partial charge in [-0.1, -0.05) is 12.2 Å². The maximum atomic E-state index is 4.86. The van der Waals surface area contributed by atoms with Crippen LogP contribution >= 0.6 is 0 Å². The molecular weight excluding hydrogens is 334 g/mol. The standard InChI is InChI=1S/C22H21N5/c1-23-16-3-2-4-17(14-16)25-22-8-6-20-19(5-7-21(20)26-22)15-10-12-27-18(13-15)9-11-24-27/h4-6,8-14,23H,2-3,7H2,1H3,(H,25,26). The van der Waals surface area contributed by atoms with E-state index in [1.54, 1.807) is 0 Å². The van der Waals surface area contributed by atoms with Crippen LogP contribution in [0.4, 0.5) is 5.82 Å². The molecule has 0 bridgehead atoms. The van der Waals surface area contributed by atoms with Gasteiger partial charge in [-0.05, 0) is 60.4 Å². The molecule has 0 unspecified atom stereocenters. The van der Waals surface area contributed by atoms with Crippen LogP contribution in [0, 0.1) is 0 Å². The van der Waals surface area contributed by atoms with Crippen molar-refractivity contribution in [3.05, 3.63) is 89.2 Å². The van der Waals surface area contributed by atoms with Crippen molar-refractivity contribution in [2.75, 3.05) is 12.4 Å². The number of allylic oxidation sites excluding steroid dienone is 4. The smallest absolute Gasteiger partial charge is 0.130 e. The summed E-state index contributed by atoms with van der Waals surface area (Å²) in [6.07, 6.45) is 13.4. The van der Waals surface area contributed by atoms with Crippen LogP contribution in [0.25, 0.3) is 11.1 Å². The van der Waals surface area contributed by atoms with Gasteiger partial charge in [-0.15, -0.1) is 0 Å². The lowest BCUT2D eigenvalue weighted by atomic mass is 10.0. The minimum absolute atomic E-state index is 0.862. The first-order valence-electron chi connectivity index (χ1n) is 9.30. The van der Waals surface area contributed by atoms with Crippen LogP contribution in [0.3, 0.4) is 0 Å². The quantitative estimate of drug-likeness (QED) is 0.745. The molecule has 5 nitrogen and oxygen atoms in total. The summed E-state index contributed by atoms with van der Waals surface area (Å²) in [7, 11) is 1.97. The molecule has 0 spiro atoms. The highest BCUT2D eigenvalue weighted by Crippen LogP contribution is 2.33. The van der Waals surface area contributed by atoms with Gasteiger partial charge in [-0.25, -0.2) is 9.50 Å². The van der Waals surface area contributed by atoms with Gasteiger partial charge in [0.1, 0.15) is 5.82 Å². The van der Waals surface area contributed by atoms with Crippen molar-refractivity contribution >= 4 is 16.9 Å². The van der Waals surface area contributed by atoms with Crippen LogP contribution < -0.4 is 10.6 Å². The predicted octanol–water partition coefficient (Wildman–Crippen LogP) is 3.91. The zero-order chi connectivity index (χ0) is 18.2. The number of aromatic nitrogens is 3. The highest BCUT2D eigenvalue weighted by atomic mass is 15.2. The molecule has 2 aliphatic carbocycles. The van der Waals surface area contributed by atoms with E-state index in [1.165, 1.54) is 22.4 Å². The molecule has 0 aromatic carbocycles. The number of fused-ring (bicyclic) bond motifs is 2. The van der Waals surface area contributed by atoms with Crippen LogP contribution in [0.5, 0.6) is 0 Å². The van der Waals surface area contributed by atoms with E-state index in [4.69, 9.17) is 4.98 Å². The topological polar surface area (TPSA) is 54.2 Å². The van der Waals surface area contributed by atoms with Gasteiger partial charge in [-0.2, -0.15) is 5.10 Å². The molecule has 0 aliphatic heterocycles. The minimum atomic E-state index is 0.862. The molecule has 3 heterocycles. The molecule has 3 aromatic rings. The van der Waals surface area contributed by atoms with Gasteiger partial charge in [0.05, 0.1) is 11.2 Å². The molecule has 0 amide bonds. The third-order valence-electron chi connectivity index (χ3n) is 5.18. The van der Waals surface area contributed by atoms with Gasteiger partial charge in [0.15, 0.2) is 0 Å². The number of hydrogen-bond donors (Lipinski definition) is 2.